The van der Waals surface area contributed by atoms with E-state index in [2.05, 4.69) is 12.2 Å². The van der Waals surface area contributed by atoms with Crippen molar-refractivity contribution in [1.29, 1.82) is 0 Å². The maximum absolute atomic E-state index is 5.50. The lowest BCUT2D eigenvalue weighted by Gasteiger charge is -2.14. The summed E-state index contributed by atoms with van der Waals surface area (Å²) in [5.74, 6) is 1.77. The highest BCUT2D eigenvalue weighted by Crippen LogP contribution is 2.28. The van der Waals surface area contributed by atoms with Crippen molar-refractivity contribution in [2.75, 3.05) is 19.7 Å². The Kier molecular flexibility index (Phi) is 2.66. The summed E-state index contributed by atoms with van der Waals surface area (Å²) >= 11 is 0. The van der Waals surface area contributed by atoms with Crippen molar-refractivity contribution < 1.29 is 4.74 Å². The van der Waals surface area contributed by atoms with E-state index in [-0.39, 0.29) is 0 Å². The normalized spacial score (nSPS) is 35.8. The van der Waals surface area contributed by atoms with Crippen molar-refractivity contribution in [3.05, 3.63) is 0 Å². The minimum absolute atomic E-state index is 0.483. The van der Waals surface area contributed by atoms with Gasteiger partial charge in [-0.25, -0.2) is 0 Å². The van der Waals surface area contributed by atoms with Gasteiger partial charge in [-0.2, -0.15) is 0 Å². The standard InChI is InChI=1S/C10H19NO/c1-8-10(4-5-12-8)7-11-6-9-2-3-9/h8-11H,2-7H2,1H3. The van der Waals surface area contributed by atoms with Crippen LogP contribution in [0.2, 0.25) is 0 Å². The lowest BCUT2D eigenvalue weighted by Crippen LogP contribution is -2.28. The number of nitrogens with one attached hydrogen (secondary N) is 1. The average Bonchev–Trinajstić information content (AvgIpc) is 2.78. The predicted octanol–water partition coefficient (Wildman–Crippen LogP) is 1.41. The predicted molar refractivity (Wildman–Crippen MR) is 49.1 cm³/mol. The summed E-state index contributed by atoms with van der Waals surface area (Å²) < 4.78 is 5.50. The molecule has 2 unspecified atom stereocenters. The van der Waals surface area contributed by atoms with E-state index in [0.29, 0.717) is 6.10 Å². The summed E-state index contributed by atoms with van der Waals surface area (Å²) in [6.07, 6.45) is 4.63. The van der Waals surface area contributed by atoms with Gasteiger partial charge in [0.25, 0.3) is 0 Å². The van der Waals surface area contributed by atoms with Gasteiger partial charge in [0.15, 0.2) is 0 Å². The van der Waals surface area contributed by atoms with Gasteiger partial charge in [-0.3, -0.25) is 0 Å². The van der Waals surface area contributed by atoms with Crippen LogP contribution in [0.15, 0.2) is 0 Å². The van der Waals surface area contributed by atoms with Gasteiger partial charge < -0.3 is 10.1 Å². The van der Waals surface area contributed by atoms with Crippen LogP contribution in [0.5, 0.6) is 0 Å². The molecular formula is C10H19NO. The van der Waals surface area contributed by atoms with Crippen molar-refractivity contribution in [1.82, 2.24) is 5.32 Å². The lowest BCUT2D eigenvalue weighted by molar-refractivity contribution is 0.105. The highest BCUT2D eigenvalue weighted by Gasteiger charge is 2.25. The zero-order valence-electron chi connectivity index (χ0n) is 7.88. The number of hydrogen-bond acceptors (Lipinski definition) is 2. The molecule has 12 heavy (non-hydrogen) atoms. The Hall–Kier alpha value is -0.0800. The van der Waals surface area contributed by atoms with Gasteiger partial charge >= 0.3 is 0 Å². The van der Waals surface area contributed by atoms with Crippen LogP contribution in [0, 0.1) is 11.8 Å². The van der Waals surface area contributed by atoms with Gasteiger partial charge in [0.05, 0.1) is 6.10 Å². The first-order valence-electron chi connectivity index (χ1n) is 5.18. The molecule has 0 aromatic heterocycles. The lowest BCUT2D eigenvalue weighted by atomic mass is 10.0. The monoisotopic (exact) mass is 169 g/mol. The molecule has 1 saturated heterocycles. The van der Waals surface area contributed by atoms with E-state index in [4.69, 9.17) is 4.74 Å². The molecule has 1 aliphatic heterocycles. The third-order valence-corrected chi connectivity index (χ3v) is 3.07. The Morgan fingerprint density at radius 2 is 2.08 bits per heavy atom. The summed E-state index contributed by atoms with van der Waals surface area (Å²) in [4.78, 5) is 0. The molecule has 2 rings (SSSR count). The summed E-state index contributed by atoms with van der Waals surface area (Å²) in [5, 5.41) is 3.54. The van der Waals surface area contributed by atoms with Crippen LogP contribution in [0.3, 0.4) is 0 Å². The third-order valence-electron chi connectivity index (χ3n) is 3.07. The fourth-order valence-electron chi connectivity index (χ4n) is 1.84. The zero-order valence-corrected chi connectivity index (χ0v) is 7.88. The van der Waals surface area contributed by atoms with Gasteiger partial charge in [0, 0.05) is 13.2 Å². The van der Waals surface area contributed by atoms with Crippen molar-refractivity contribution >= 4 is 0 Å². The zero-order chi connectivity index (χ0) is 8.39. The molecule has 0 aromatic rings. The summed E-state index contributed by atoms with van der Waals surface area (Å²) in [6, 6.07) is 0. The molecule has 2 heteroatoms. The van der Waals surface area contributed by atoms with Crippen LogP contribution in [0.25, 0.3) is 0 Å². The Labute approximate surface area is 74.7 Å². The molecule has 2 atom stereocenters. The van der Waals surface area contributed by atoms with Crippen molar-refractivity contribution in [2.45, 2.75) is 32.3 Å². The highest BCUT2D eigenvalue weighted by atomic mass is 16.5. The molecule has 0 amide bonds. The molecule has 0 radical (unpaired) electrons. The van der Waals surface area contributed by atoms with E-state index < -0.39 is 0 Å². The maximum Gasteiger partial charge on any atom is 0.0588 e. The Bertz CT molecular complexity index is 145. The molecule has 70 valence electrons. The van der Waals surface area contributed by atoms with Crippen LogP contribution < -0.4 is 5.32 Å². The summed E-state index contributed by atoms with van der Waals surface area (Å²) in [5.41, 5.74) is 0. The second kappa shape index (κ2) is 3.75. The smallest absolute Gasteiger partial charge is 0.0588 e. The Balaban J connectivity index is 1.58. The van der Waals surface area contributed by atoms with Crippen LogP contribution in [-0.2, 0) is 4.74 Å². The molecule has 0 spiro atoms. The molecule has 0 bridgehead atoms. The number of rotatable bonds is 4. The van der Waals surface area contributed by atoms with E-state index in [0.717, 1.165) is 25.0 Å². The van der Waals surface area contributed by atoms with Gasteiger partial charge in [-0.05, 0) is 44.6 Å². The van der Waals surface area contributed by atoms with E-state index in [1.54, 1.807) is 0 Å². The molecule has 1 heterocycles. The number of hydrogen-bond donors (Lipinski definition) is 1. The van der Waals surface area contributed by atoms with Crippen molar-refractivity contribution in [3.8, 4) is 0 Å². The molecule has 2 aliphatic rings. The number of ether oxygens (including phenoxy) is 1. The van der Waals surface area contributed by atoms with Crippen LogP contribution >= 0.6 is 0 Å². The molecule has 2 fully saturated rings. The van der Waals surface area contributed by atoms with Gasteiger partial charge in [0.2, 0.25) is 0 Å². The molecule has 1 aliphatic carbocycles. The Morgan fingerprint density at radius 1 is 1.25 bits per heavy atom. The molecule has 2 nitrogen and oxygen atoms in total. The summed E-state index contributed by atoms with van der Waals surface area (Å²) in [6.45, 7) is 5.56. The second-order valence-corrected chi connectivity index (χ2v) is 4.23. The van der Waals surface area contributed by atoms with Gasteiger partial charge in [0.1, 0.15) is 0 Å². The minimum Gasteiger partial charge on any atom is -0.378 e. The minimum atomic E-state index is 0.483. The van der Waals surface area contributed by atoms with Crippen LogP contribution in [-0.4, -0.2) is 25.8 Å². The maximum atomic E-state index is 5.50. The molecule has 1 saturated carbocycles. The van der Waals surface area contributed by atoms with Crippen molar-refractivity contribution in [2.24, 2.45) is 11.8 Å². The Morgan fingerprint density at radius 3 is 2.67 bits per heavy atom. The third kappa shape index (κ3) is 2.20. The topological polar surface area (TPSA) is 21.3 Å². The second-order valence-electron chi connectivity index (χ2n) is 4.23. The largest absolute Gasteiger partial charge is 0.378 e. The molecule has 0 aromatic carbocycles. The van der Waals surface area contributed by atoms with Crippen molar-refractivity contribution in [3.63, 3.8) is 0 Å². The van der Waals surface area contributed by atoms with E-state index >= 15 is 0 Å². The summed E-state index contributed by atoms with van der Waals surface area (Å²) in [7, 11) is 0. The first-order chi connectivity index (χ1) is 5.86. The van der Waals surface area contributed by atoms with Gasteiger partial charge in [-0.15, -0.1) is 0 Å². The van der Waals surface area contributed by atoms with E-state index in [9.17, 15) is 0 Å². The molecular weight excluding hydrogens is 150 g/mol. The van der Waals surface area contributed by atoms with Gasteiger partial charge in [-0.1, -0.05) is 0 Å². The fourth-order valence-corrected chi connectivity index (χ4v) is 1.84. The first-order valence-corrected chi connectivity index (χ1v) is 5.18. The first kappa shape index (κ1) is 8.52. The quantitative estimate of drug-likeness (QED) is 0.687. The van der Waals surface area contributed by atoms with E-state index in [1.165, 1.54) is 25.8 Å². The molecule has 1 N–H and O–H groups in total. The highest BCUT2D eigenvalue weighted by molar-refractivity contribution is 4.78. The van der Waals surface area contributed by atoms with Crippen LogP contribution in [0.1, 0.15) is 26.2 Å². The van der Waals surface area contributed by atoms with Crippen LogP contribution in [0.4, 0.5) is 0 Å². The fraction of sp³-hybridized carbons (Fsp3) is 1.00. The average molecular weight is 169 g/mol. The SMILES string of the molecule is CC1OCCC1CNCC1CC1. The van der Waals surface area contributed by atoms with E-state index in [1.807, 2.05) is 0 Å².